The first kappa shape index (κ1) is 29.8. The molecular formula is C32H41ClN2O6. The number of aryl methyl sites for hydroxylation is 1. The van der Waals surface area contributed by atoms with Crippen molar-refractivity contribution in [2.24, 2.45) is 17.8 Å². The van der Waals surface area contributed by atoms with Crippen LogP contribution in [0.25, 0.3) is 0 Å². The van der Waals surface area contributed by atoms with E-state index in [0.717, 1.165) is 24.8 Å². The molecule has 1 aromatic carbocycles. The number of rotatable bonds is 6. The minimum Gasteiger partial charge on any atom is -0.465 e. The zero-order chi connectivity index (χ0) is 29.5. The Kier molecular flexibility index (Phi) is 8.39. The SMILES string of the molecule is CC[C@]12/C=C\CCCCOC(=O)[C@H]1[C@H]1C(=O)N([C@@H](CO)CC(C)C)C3C(=O)N(c4c(C)cccc4Cl)CC=C[C@@]31O2. The lowest BCUT2D eigenvalue weighted by atomic mass is 9.73. The molecule has 2 saturated heterocycles. The Labute approximate surface area is 247 Å². The van der Waals surface area contributed by atoms with Gasteiger partial charge in [-0.2, -0.15) is 0 Å². The molecule has 41 heavy (non-hydrogen) atoms. The number of aliphatic hydroxyl groups is 1. The van der Waals surface area contributed by atoms with Crippen molar-refractivity contribution in [1.29, 1.82) is 0 Å². The van der Waals surface area contributed by atoms with Gasteiger partial charge in [-0.1, -0.05) is 68.8 Å². The Morgan fingerprint density at radius 2 is 1.88 bits per heavy atom. The second-order valence-corrected chi connectivity index (χ2v) is 12.6. The van der Waals surface area contributed by atoms with Crippen LogP contribution in [0.3, 0.4) is 0 Å². The number of hydrogen-bond acceptors (Lipinski definition) is 6. The van der Waals surface area contributed by atoms with Crippen LogP contribution in [0.1, 0.15) is 58.4 Å². The standard InChI is InChI=1S/C32H41ClN2O6/c1-5-31-14-8-6-7-9-17-40-30(39)25(31)24-28(37)35(22(19-36)18-20(2)3)27-29(38)34(16-11-15-32(24,27)41-31)26-21(4)12-10-13-23(26)33/h8,10-15,20,22,24-25,27,36H,5-7,9,16-19H2,1-4H3/b14-8-/t22-,24+,25-,27?,31+,32+/m1/s1. The fourth-order valence-corrected chi connectivity index (χ4v) is 7.68. The van der Waals surface area contributed by atoms with Gasteiger partial charge in [0.15, 0.2) is 0 Å². The Hall–Kier alpha value is -2.68. The zero-order valence-corrected chi connectivity index (χ0v) is 25.1. The summed E-state index contributed by atoms with van der Waals surface area (Å²) in [6, 6.07) is 3.72. The number of allylic oxidation sites excluding steroid dienone is 1. The number of carbonyl (C=O) groups is 3. The number of ether oxygens (including phenoxy) is 2. The number of amides is 2. The summed E-state index contributed by atoms with van der Waals surface area (Å²) >= 11 is 6.65. The van der Waals surface area contributed by atoms with Gasteiger partial charge in [-0.3, -0.25) is 14.4 Å². The molecule has 0 aromatic heterocycles. The first-order valence-corrected chi connectivity index (χ1v) is 15.2. The topological polar surface area (TPSA) is 96.4 Å². The van der Waals surface area contributed by atoms with E-state index in [1.54, 1.807) is 11.0 Å². The first-order chi connectivity index (χ1) is 19.6. The average molecular weight is 585 g/mol. The van der Waals surface area contributed by atoms with Crippen LogP contribution in [0.4, 0.5) is 5.69 Å². The van der Waals surface area contributed by atoms with Crippen molar-refractivity contribution < 1.29 is 29.0 Å². The van der Waals surface area contributed by atoms with Crippen molar-refractivity contribution >= 4 is 35.1 Å². The molecule has 9 heteroatoms. The van der Waals surface area contributed by atoms with Crippen molar-refractivity contribution in [1.82, 2.24) is 4.90 Å². The van der Waals surface area contributed by atoms with E-state index < -0.39 is 41.1 Å². The van der Waals surface area contributed by atoms with E-state index in [9.17, 15) is 19.5 Å². The molecular weight excluding hydrogens is 544 g/mol. The predicted molar refractivity (Wildman–Crippen MR) is 156 cm³/mol. The van der Waals surface area contributed by atoms with Crippen LogP contribution in [0.5, 0.6) is 0 Å². The smallest absolute Gasteiger partial charge is 0.313 e. The first-order valence-electron chi connectivity index (χ1n) is 14.8. The number of para-hydroxylation sites is 1. The van der Waals surface area contributed by atoms with E-state index in [0.29, 0.717) is 23.6 Å². The van der Waals surface area contributed by atoms with Crippen LogP contribution >= 0.6 is 11.6 Å². The van der Waals surface area contributed by atoms with Gasteiger partial charge in [-0.05, 0) is 56.6 Å². The fourth-order valence-electron chi connectivity index (χ4n) is 7.36. The molecule has 0 radical (unpaired) electrons. The number of anilines is 1. The van der Waals surface area contributed by atoms with Crippen LogP contribution in [-0.4, -0.2) is 70.8 Å². The monoisotopic (exact) mass is 584 g/mol. The normalized spacial score (nSPS) is 33.2. The van der Waals surface area contributed by atoms with Crippen LogP contribution in [0, 0.1) is 24.7 Å². The molecule has 4 heterocycles. The number of likely N-dealkylation sites (tertiary alicyclic amines) is 1. The lowest BCUT2D eigenvalue weighted by molar-refractivity contribution is -0.161. The minimum absolute atomic E-state index is 0.145. The third-order valence-corrected chi connectivity index (χ3v) is 9.43. The lowest BCUT2D eigenvalue weighted by Gasteiger charge is -2.41. The zero-order valence-electron chi connectivity index (χ0n) is 24.3. The lowest BCUT2D eigenvalue weighted by Crippen LogP contribution is -2.59. The number of halogens is 1. The fraction of sp³-hybridized carbons (Fsp3) is 0.594. The van der Waals surface area contributed by atoms with E-state index in [2.05, 4.69) is 0 Å². The molecule has 4 aliphatic heterocycles. The molecule has 0 aliphatic carbocycles. The van der Waals surface area contributed by atoms with Gasteiger partial charge in [-0.15, -0.1) is 0 Å². The molecule has 0 saturated carbocycles. The summed E-state index contributed by atoms with van der Waals surface area (Å²) in [5, 5.41) is 11.0. The highest BCUT2D eigenvalue weighted by atomic mass is 35.5. The van der Waals surface area contributed by atoms with Crippen LogP contribution in [0.15, 0.2) is 42.5 Å². The number of benzene rings is 1. The molecule has 6 atom stereocenters. The molecule has 0 bridgehead atoms. The third-order valence-electron chi connectivity index (χ3n) is 9.13. The number of hydrogen-bond donors (Lipinski definition) is 1. The molecule has 1 unspecified atom stereocenters. The summed E-state index contributed by atoms with van der Waals surface area (Å²) in [5.74, 6) is -2.98. The summed E-state index contributed by atoms with van der Waals surface area (Å²) in [6.45, 7) is 8.01. The maximum atomic E-state index is 14.8. The van der Waals surface area contributed by atoms with Gasteiger partial charge in [0.1, 0.15) is 23.2 Å². The number of carbonyl (C=O) groups excluding carboxylic acids is 3. The van der Waals surface area contributed by atoms with Crippen molar-refractivity contribution in [3.63, 3.8) is 0 Å². The Bertz CT molecular complexity index is 1240. The summed E-state index contributed by atoms with van der Waals surface area (Å²) in [4.78, 5) is 46.4. The van der Waals surface area contributed by atoms with Crippen molar-refractivity contribution in [2.45, 2.75) is 83.1 Å². The molecule has 4 aliphatic rings. The van der Waals surface area contributed by atoms with Gasteiger partial charge in [0.05, 0.1) is 35.9 Å². The molecule has 1 aromatic rings. The largest absolute Gasteiger partial charge is 0.465 e. The molecule has 1 spiro atoms. The van der Waals surface area contributed by atoms with Crippen molar-refractivity contribution in [2.75, 3.05) is 24.7 Å². The van der Waals surface area contributed by atoms with E-state index >= 15 is 0 Å². The summed E-state index contributed by atoms with van der Waals surface area (Å²) in [5.41, 5.74) is -1.16. The highest BCUT2D eigenvalue weighted by Gasteiger charge is 2.76. The van der Waals surface area contributed by atoms with Gasteiger partial charge in [0, 0.05) is 6.54 Å². The van der Waals surface area contributed by atoms with Crippen molar-refractivity contribution in [3.8, 4) is 0 Å². The van der Waals surface area contributed by atoms with Gasteiger partial charge in [0.2, 0.25) is 5.91 Å². The molecule has 222 valence electrons. The second kappa shape index (κ2) is 11.5. The number of fused-ring (bicyclic) bond motifs is 2. The van der Waals surface area contributed by atoms with Crippen LogP contribution in [-0.2, 0) is 23.9 Å². The number of esters is 1. The van der Waals surface area contributed by atoms with Crippen LogP contribution < -0.4 is 4.90 Å². The van der Waals surface area contributed by atoms with Gasteiger partial charge >= 0.3 is 5.97 Å². The predicted octanol–water partition coefficient (Wildman–Crippen LogP) is 4.60. The Morgan fingerprint density at radius 1 is 1.10 bits per heavy atom. The molecule has 2 amide bonds. The van der Waals surface area contributed by atoms with Gasteiger partial charge in [0.25, 0.3) is 5.91 Å². The van der Waals surface area contributed by atoms with E-state index in [4.69, 9.17) is 21.1 Å². The van der Waals surface area contributed by atoms with Crippen molar-refractivity contribution in [3.05, 3.63) is 53.1 Å². The average Bonchev–Trinajstić information content (AvgIpc) is 3.30. The molecule has 1 N–H and O–H groups in total. The highest BCUT2D eigenvalue weighted by Crippen LogP contribution is 2.59. The van der Waals surface area contributed by atoms with E-state index in [1.165, 1.54) is 4.90 Å². The Morgan fingerprint density at radius 3 is 2.56 bits per heavy atom. The van der Waals surface area contributed by atoms with Gasteiger partial charge in [-0.25, -0.2) is 0 Å². The van der Waals surface area contributed by atoms with E-state index in [-0.39, 0.29) is 37.5 Å². The molecule has 8 nitrogen and oxygen atoms in total. The molecule has 2 fully saturated rings. The molecule has 5 rings (SSSR count). The number of nitrogens with zero attached hydrogens (tertiary/aromatic N) is 2. The minimum atomic E-state index is -1.43. The summed E-state index contributed by atoms with van der Waals surface area (Å²) in [6.07, 6.45) is 10.9. The summed E-state index contributed by atoms with van der Waals surface area (Å²) < 4.78 is 12.8. The van der Waals surface area contributed by atoms with E-state index in [1.807, 2.05) is 64.1 Å². The maximum absolute atomic E-state index is 14.8. The second-order valence-electron chi connectivity index (χ2n) is 12.2. The van der Waals surface area contributed by atoms with Crippen LogP contribution in [0.2, 0.25) is 5.02 Å². The number of cyclic esters (lactones) is 1. The quantitative estimate of drug-likeness (QED) is 0.388. The third kappa shape index (κ3) is 4.82. The number of aliphatic hydroxyl groups excluding tert-OH is 1. The maximum Gasteiger partial charge on any atom is 0.313 e. The van der Waals surface area contributed by atoms with Gasteiger partial charge < -0.3 is 24.4 Å². The summed E-state index contributed by atoms with van der Waals surface area (Å²) in [7, 11) is 0. The highest BCUT2D eigenvalue weighted by molar-refractivity contribution is 6.34. The Balaban J connectivity index is 1.72.